The number of hydrogen-bond donors (Lipinski definition) is 1. The number of methoxy groups -OCH3 is 1. The second-order valence-electron chi connectivity index (χ2n) is 7.71. The molecule has 156 valence electrons. The van der Waals surface area contributed by atoms with Crippen molar-refractivity contribution in [1.29, 1.82) is 0 Å². The van der Waals surface area contributed by atoms with E-state index < -0.39 is 0 Å². The minimum absolute atomic E-state index is 0.0181. The number of carbonyl (C=O) groups excluding carboxylic acids is 1. The lowest BCUT2D eigenvalue weighted by atomic mass is 9.89. The monoisotopic (exact) mass is 404 g/mol. The lowest BCUT2D eigenvalue weighted by molar-refractivity contribution is -0.134. The fourth-order valence-electron chi connectivity index (χ4n) is 4.23. The third-order valence-electron chi connectivity index (χ3n) is 5.87. The summed E-state index contributed by atoms with van der Waals surface area (Å²) in [5.41, 5.74) is 3.63. The predicted molar refractivity (Wildman–Crippen MR) is 119 cm³/mol. The van der Waals surface area contributed by atoms with Gasteiger partial charge in [-0.2, -0.15) is 0 Å². The Labute approximate surface area is 177 Å². The minimum Gasteiger partial charge on any atom is -0.493 e. The van der Waals surface area contributed by atoms with Crippen molar-refractivity contribution in [2.45, 2.75) is 25.2 Å². The molecule has 4 rings (SSSR count). The highest BCUT2D eigenvalue weighted by atomic mass is 16.5. The highest BCUT2D eigenvalue weighted by molar-refractivity contribution is 5.83. The Morgan fingerprint density at radius 2 is 2.00 bits per heavy atom. The van der Waals surface area contributed by atoms with Gasteiger partial charge in [0.25, 0.3) is 5.91 Å². The molecule has 1 saturated heterocycles. The molecule has 1 aliphatic heterocycles. The average molecular weight is 405 g/mol. The van der Waals surface area contributed by atoms with Gasteiger partial charge in [0.2, 0.25) is 0 Å². The molecular weight excluding hydrogens is 376 g/mol. The zero-order valence-corrected chi connectivity index (χ0v) is 17.4. The van der Waals surface area contributed by atoms with Crippen LogP contribution in [0.25, 0.3) is 10.9 Å². The van der Waals surface area contributed by atoms with Crippen LogP contribution in [0.5, 0.6) is 11.5 Å². The minimum atomic E-state index is 0.0181. The van der Waals surface area contributed by atoms with E-state index in [1.54, 1.807) is 7.11 Å². The summed E-state index contributed by atoms with van der Waals surface area (Å²) >= 11 is 0. The number of piperidine rings is 1. The first-order valence-electron chi connectivity index (χ1n) is 10.4. The Morgan fingerprint density at radius 1 is 1.20 bits per heavy atom. The summed E-state index contributed by atoms with van der Waals surface area (Å²) in [5, 5.41) is 1.29. The Morgan fingerprint density at radius 3 is 2.77 bits per heavy atom. The standard InChI is InChI=1S/C25H28N2O3/c1-3-6-18-9-10-23(24(15-18)29-2)30-17-25(28)27-13-11-19(12-14-27)21-16-26-22-8-5-4-7-20(21)22/h3-5,7-10,15-16,19,26H,1,6,11-14,17H2,2H3. The molecule has 2 aromatic carbocycles. The molecule has 0 atom stereocenters. The third-order valence-corrected chi connectivity index (χ3v) is 5.87. The van der Waals surface area contributed by atoms with Crippen LogP contribution in [-0.2, 0) is 11.2 Å². The van der Waals surface area contributed by atoms with Crippen molar-refractivity contribution < 1.29 is 14.3 Å². The van der Waals surface area contributed by atoms with Gasteiger partial charge in [-0.15, -0.1) is 6.58 Å². The lowest BCUT2D eigenvalue weighted by Crippen LogP contribution is -2.40. The maximum atomic E-state index is 12.7. The van der Waals surface area contributed by atoms with E-state index in [-0.39, 0.29) is 12.5 Å². The number of aromatic nitrogens is 1. The second-order valence-corrected chi connectivity index (χ2v) is 7.71. The number of H-pyrrole nitrogens is 1. The van der Waals surface area contributed by atoms with Crippen LogP contribution in [0, 0.1) is 0 Å². The zero-order valence-electron chi connectivity index (χ0n) is 17.4. The van der Waals surface area contributed by atoms with E-state index in [1.165, 1.54) is 16.5 Å². The number of ether oxygens (including phenoxy) is 2. The number of amides is 1. The molecule has 0 aliphatic carbocycles. The van der Waals surface area contributed by atoms with Crippen LogP contribution in [0.3, 0.4) is 0 Å². The van der Waals surface area contributed by atoms with Gasteiger partial charge in [0.1, 0.15) is 0 Å². The summed E-state index contributed by atoms with van der Waals surface area (Å²) in [4.78, 5) is 18.0. The summed E-state index contributed by atoms with van der Waals surface area (Å²) in [6, 6.07) is 14.1. The van der Waals surface area contributed by atoms with Crippen molar-refractivity contribution in [3.8, 4) is 11.5 Å². The van der Waals surface area contributed by atoms with Gasteiger partial charge in [-0.25, -0.2) is 0 Å². The van der Waals surface area contributed by atoms with Crippen LogP contribution in [0.15, 0.2) is 61.3 Å². The molecule has 30 heavy (non-hydrogen) atoms. The molecule has 2 heterocycles. The van der Waals surface area contributed by atoms with E-state index in [9.17, 15) is 4.79 Å². The van der Waals surface area contributed by atoms with Gasteiger partial charge in [0, 0.05) is 30.2 Å². The smallest absolute Gasteiger partial charge is 0.260 e. The molecule has 5 heteroatoms. The van der Waals surface area contributed by atoms with E-state index in [0.717, 1.165) is 37.9 Å². The predicted octanol–water partition coefficient (Wildman–Crippen LogP) is 4.69. The van der Waals surface area contributed by atoms with Crippen LogP contribution in [0.1, 0.15) is 29.9 Å². The Kier molecular flexibility index (Phi) is 6.07. The molecule has 0 spiro atoms. The molecule has 5 nitrogen and oxygen atoms in total. The Balaban J connectivity index is 1.33. The molecule has 0 saturated carbocycles. The quantitative estimate of drug-likeness (QED) is 0.581. The zero-order chi connectivity index (χ0) is 20.9. The van der Waals surface area contributed by atoms with Crippen molar-refractivity contribution in [3.63, 3.8) is 0 Å². The Bertz CT molecular complexity index is 1030. The molecule has 0 unspecified atom stereocenters. The maximum Gasteiger partial charge on any atom is 0.260 e. The van der Waals surface area contributed by atoms with Gasteiger partial charge in [0.15, 0.2) is 18.1 Å². The van der Waals surface area contributed by atoms with E-state index in [2.05, 4.69) is 36.0 Å². The summed E-state index contributed by atoms with van der Waals surface area (Å²) < 4.78 is 11.2. The van der Waals surface area contributed by atoms with Gasteiger partial charge in [-0.05, 0) is 54.5 Å². The summed E-state index contributed by atoms with van der Waals surface area (Å²) in [7, 11) is 1.61. The number of likely N-dealkylation sites (tertiary alicyclic amines) is 1. The van der Waals surface area contributed by atoms with E-state index in [1.807, 2.05) is 35.2 Å². The number of fused-ring (bicyclic) bond motifs is 1. The van der Waals surface area contributed by atoms with Gasteiger partial charge >= 0.3 is 0 Å². The van der Waals surface area contributed by atoms with Crippen LogP contribution in [-0.4, -0.2) is 42.6 Å². The fourth-order valence-corrected chi connectivity index (χ4v) is 4.23. The largest absolute Gasteiger partial charge is 0.493 e. The van der Waals surface area contributed by atoms with Gasteiger partial charge in [-0.3, -0.25) is 4.79 Å². The normalized spacial score (nSPS) is 14.6. The van der Waals surface area contributed by atoms with E-state index in [4.69, 9.17) is 9.47 Å². The molecule has 1 aromatic heterocycles. The van der Waals surface area contributed by atoms with Gasteiger partial charge in [0.05, 0.1) is 7.11 Å². The number of hydrogen-bond acceptors (Lipinski definition) is 3. The van der Waals surface area contributed by atoms with E-state index in [0.29, 0.717) is 17.4 Å². The number of para-hydroxylation sites is 1. The first kappa shape index (κ1) is 20.1. The Hall–Kier alpha value is -3.21. The summed E-state index contributed by atoms with van der Waals surface area (Å²) in [5.74, 6) is 1.72. The average Bonchev–Trinajstić information content (AvgIpc) is 3.22. The number of allylic oxidation sites excluding steroid dienone is 1. The van der Waals surface area contributed by atoms with Crippen LogP contribution >= 0.6 is 0 Å². The number of nitrogens with one attached hydrogen (secondary N) is 1. The van der Waals surface area contributed by atoms with Crippen LogP contribution in [0.2, 0.25) is 0 Å². The number of aromatic amines is 1. The summed E-state index contributed by atoms with van der Waals surface area (Å²) in [6.45, 7) is 5.28. The number of nitrogens with zero attached hydrogens (tertiary/aromatic N) is 1. The lowest BCUT2D eigenvalue weighted by Gasteiger charge is -2.32. The first-order chi connectivity index (χ1) is 14.7. The molecule has 3 aromatic rings. The highest BCUT2D eigenvalue weighted by Crippen LogP contribution is 2.33. The number of rotatable bonds is 7. The SMILES string of the molecule is C=CCc1ccc(OCC(=O)N2CCC(c3c[nH]c4ccccc34)CC2)c(OC)c1. The molecule has 0 bridgehead atoms. The molecule has 1 N–H and O–H groups in total. The molecule has 1 fully saturated rings. The maximum absolute atomic E-state index is 12.7. The number of benzene rings is 2. The molecule has 1 aliphatic rings. The third kappa shape index (κ3) is 4.20. The number of carbonyl (C=O) groups is 1. The van der Waals surface area contributed by atoms with Crippen molar-refractivity contribution in [1.82, 2.24) is 9.88 Å². The fraction of sp³-hybridized carbons (Fsp3) is 0.320. The highest BCUT2D eigenvalue weighted by Gasteiger charge is 2.25. The van der Waals surface area contributed by atoms with Crippen LogP contribution < -0.4 is 9.47 Å². The van der Waals surface area contributed by atoms with Crippen LogP contribution in [0.4, 0.5) is 0 Å². The topological polar surface area (TPSA) is 54.6 Å². The summed E-state index contributed by atoms with van der Waals surface area (Å²) in [6.07, 6.45) is 6.66. The second kappa shape index (κ2) is 9.08. The van der Waals surface area contributed by atoms with E-state index >= 15 is 0 Å². The molecule has 1 amide bonds. The molecular formula is C25H28N2O3. The van der Waals surface area contributed by atoms with Crippen molar-refractivity contribution in [2.24, 2.45) is 0 Å². The van der Waals surface area contributed by atoms with Crippen molar-refractivity contribution >= 4 is 16.8 Å². The van der Waals surface area contributed by atoms with Crippen molar-refractivity contribution in [2.75, 3.05) is 26.8 Å². The molecule has 0 radical (unpaired) electrons. The first-order valence-corrected chi connectivity index (χ1v) is 10.4. The van der Waals surface area contributed by atoms with Crippen molar-refractivity contribution in [3.05, 3.63) is 72.4 Å². The van der Waals surface area contributed by atoms with Gasteiger partial charge in [-0.1, -0.05) is 30.3 Å². The van der Waals surface area contributed by atoms with Gasteiger partial charge < -0.3 is 19.4 Å².